The summed E-state index contributed by atoms with van der Waals surface area (Å²) in [5.74, 6) is 1.08. The van der Waals surface area contributed by atoms with Gasteiger partial charge in [0.2, 0.25) is 0 Å². The summed E-state index contributed by atoms with van der Waals surface area (Å²) in [6, 6.07) is 6.81. The van der Waals surface area contributed by atoms with Gasteiger partial charge in [-0.3, -0.25) is 10.1 Å². The van der Waals surface area contributed by atoms with Gasteiger partial charge in [-0.05, 0) is 37.6 Å². The second-order valence-corrected chi connectivity index (χ2v) is 5.00. The summed E-state index contributed by atoms with van der Waals surface area (Å²) in [7, 11) is 0. The zero-order chi connectivity index (χ0) is 16.4. The van der Waals surface area contributed by atoms with Gasteiger partial charge in [0.25, 0.3) is 5.69 Å². The molecule has 2 aromatic heterocycles. The first-order valence-electron chi connectivity index (χ1n) is 6.79. The molecule has 23 heavy (non-hydrogen) atoms. The molecule has 3 rings (SSSR count). The van der Waals surface area contributed by atoms with Gasteiger partial charge < -0.3 is 4.42 Å². The maximum atomic E-state index is 11.1. The number of nitrogens with zero attached hydrogens (tertiary/aromatic N) is 5. The normalized spacial score (nSPS) is 11.2. The minimum Gasteiger partial charge on any atom is -0.455 e. The first kappa shape index (κ1) is 14.6. The minimum atomic E-state index is -0.393. The molecule has 8 nitrogen and oxygen atoms in total. The Labute approximate surface area is 131 Å². The fourth-order valence-corrected chi connectivity index (χ4v) is 2.25. The fourth-order valence-electron chi connectivity index (χ4n) is 2.25. The molecule has 0 N–H and O–H groups in total. The number of hydrogen-bond donors (Lipinski definition) is 0. The van der Waals surface area contributed by atoms with Crippen LogP contribution in [0.3, 0.4) is 0 Å². The molecule has 8 heteroatoms. The molecule has 0 radical (unpaired) electrons. The Morgan fingerprint density at radius 3 is 2.65 bits per heavy atom. The van der Waals surface area contributed by atoms with Crippen molar-refractivity contribution >= 4 is 11.9 Å². The lowest BCUT2D eigenvalue weighted by Crippen LogP contribution is -1.94. The Balaban J connectivity index is 1.94. The first-order valence-corrected chi connectivity index (χ1v) is 6.79. The van der Waals surface area contributed by atoms with Crippen LogP contribution in [0.5, 0.6) is 0 Å². The highest BCUT2D eigenvalue weighted by Crippen LogP contribution is 2.31. The minimum absolute atomic E-state index is 0.0710. The molecule has 0 aliphatic rings. The predicted octanol–water partition coefficient (Wildman–Crippen LogP) is 2.95. The second-order valence-electron chi connectivity index (χ2n) is 5.00. The van der Waals surface area contributed by atoms with E-state index in [1.807, 2.05) is 6.92 Å². The molecule has 0 saturated heterocycles. The summed E-state index contributed by atoms with van der Waals surface area (Å²) in [5, 5.41) is 22.5. The third-order valence-corrected chi connectivity index (χ3v) is 3.36. The van der Waals surface area contributed by atoms with Crippen LogP contribution in [-0.2, 0) is 0 Å². The van der Waals surface area contributed by atoms with Crippen LogP contribution in [0.1, 0.15) is 16.9 Å². The van der Waals surface area contributed by atoms with Crippen LogP contribution in [0.15, 0.2) is 46.4 Å². The largest absolute Gasteiger partial charge is 0.455 e. The third kappa shape index (κ3) is 3.00. The van der Waals surface area contributed by atoms with Crippen molar-refractivity contribution in [1.29, 1.82) is 0 Å². The van der Waals surface area contributed by atoms with Crippen molar-refractivity contribution in [2.24, 2.45) is 5.10 Å². The second kappa shape index (κ2) is 5.84. The molecule has 0 fully saturated rings. The molecule has 0 amide bonds. The maximum Gasteiger partial charge on any atom is 0.273 e. The smallest absolute Gasteiger partial charge is 0.273 e. The SMILES string of the molecule is Cc1cc(C)c([N+](=O)[O-])cc1-c1ccc(/C=N/n2cnnc2)o1. The van der Waals surface area contributed by atoms with Gasteiger partial charge in [-0.2, -0.15) is 5.10 Å². The fraction of sp³-hybridized carbons (Fsp3) is 0.133. The molecule has 0 unspecified atom stereocenters. The Hall–Kier alpha value is -3.29. The molecule has 0 aliphatic carbocycles. The van der Waals surface area contributed by atoms with Gasteiger partial charge in [0.05, 0.1) is 11.1 Å². The van der Waals surface area contributed by atoms with Gasteiger partial charge in [0.15, 0.2) is 0 Å². The van der Waals surface area contributed by atoms with E-state index in [9.17, 15) is 10.1 Å². The molecule has 116 valence electrons. The van der Waals surface area contributed by atoms with E-state index in [4.69, 9.17) is 4.42 Å². The highest BCUT2D eigenvalue weighted by atomic mass is 16.6. The van der Waals surface area contributed by atoms with Gasteiger partial charge in [0.1, 0.15) is 24.2 Å². The third-order valence-electron chi connectivity index (χ3n) is 3.36. The van der Waals surface area contributed by atoms with Crippen molar-refractivity contribution in [3.05, 3.63) is 63.9 Å². The highest BCUT2D eigenvalue weighted by Gasteiger charge is 2.16. The summed E-state index contributed by atoms with van der Waals surface area (Å²) in [5.41, 5.74) is 2.29. The number of aromatic nitrogens is 3. The monoisotopic (exact) mass is 311 g/mol. The lowest BCUT2D eigenvalue weighted by molar-refractivity contribution is -0.385. The number of furan rings is 1. The van der Waals surface area contributed by atoms with Crippen LogP contribution in [0.4, 0.5) is 5.69 Å². The first-order chi connectivity index (χ1) is 11.0. The van der Waals surface area contributed by atoms with Crippen LogP contribution < -0.4 is 0 Å². The van der Waals surface area contributed by atoms with E-state index >= 15 is 0 Å². The topological polar surface area (TPSA) is 99.3 Å². The zero-order valence-corrected chi connectivity index (χ0v) is 12.5. The Kier molecular flexibility index (Phi) is 3.71. The lowest BCUT2D eigenvalue weighted by atomic mass is 10.0. The maximum absolute atomic E-state index is 11.1. The number of benzene rings is 1. The quantitative estimate of drug-likeness (QED) is 0.419. The summed E-state index contributed by atoms with van der Waals surface area (Å²) >= 11 is 0. The van der Waals surface area contributed by atoms with E-state index in [1.54, 1.807) is 25.1 Å². The molecule has 2 heterocycles. The van der Waals surface area contributed by atoms with Crippen LogP contribution >= 0.6 is 0 Å². The van der Waals surface area contributed by atoms with Gasteiger partial charge in [-0.25, -0.2) is 4.68 Å². The van der Waals surface area contributed by atoms with Gasteiger partial charge in [-0.15, -0.1) is 10.2 Å². The molecule has 3 aromatic rings. The Morgan fingerprint density at radius 2 is 1.96 bits per heavy atom. The molecule has 0 saturated carbocycles. The van der Waals surface area contributed by atoms with Gasteiger partial charge in [0, 0.05) is 17.2 Å². The van der Waals surface area contributed by atoms with E-state index in [0.717, 1.165) is 5.56 Å². The van der Waals surface area contributed by atoms with E-state index < -0.39 is 4.92 Å². The molecule has 0 aliphatic heterocycles. The van der Waals surface area contributed by atoms with Crippen molar-refractivity contribution < 1.29 is 9.34 Å². The van der Waals surface area contributed by atoms with Crippen molar-refractivity contribution in [1.82, 2.24) is 14.9 Å². The molecule has 0 atom stereocenters. The molecule has 0 bridgehead atoms. The van der Waals surface area contributed by atoms with Crippen LogP contribution in [0.2, 0.25) is 0 Å². The van der Waals surface area contributed by atoms with E-state index in [0.29, 0.717) is 22.6 Å². The molecular weight excluding hydrogens is 298 g/mol. The summed E-state index contributed by atoms with van der Waals surface area (Å²) in [4.78, 5) is 10.7. The Morgan fingerprint density at radius 1 is 1.22 bits per heavy atom. The Bertz CT molecular complexity index is 881. The number of hydrogen-bond acceptors (Lipinski definition) is 6. The van der Waals surface area contributed by atoms with Crippen LogP contribution in [-0.4, -0.2) is 26.0 Å². The average Bonchev–Trinajstić information content (AvgIpc) is 3.16. The van der Waals surface area contributed by atoms with Crippen molar-refractivity contribution in [2.45, 2.75) is 13.8 Å². The van der Waals surface area contributed by atoms with Crippen molar-refractivity contribution in [2.75, 3.05) is 0 Å². The van der Waals surface area contributed by atoms with Gasteiger partial charge in [-0.1, -0.05) is 0 Å². The molecule has 1 aromatic carbocycles. The molecule has 0 spiro atoms. The standard InChI is InChI=1S/C15H13N5O3/c1-10-5-11(2)14(20(21)22)6-13(10)15-4-3-12(23-15)7-18-19-8-16-17-9-19/h3-9H,1-2H3/b18-7+. The van der Waals surface area contributed by atoms with Crippen LogP contribution in [0, 0.1) is 24.0 Å². The predicted molar refractivity (Wildman–Crippen MR) is 83.3 cm³/mol. The number of nitro groups is 1. The number of nitro benzene ring substituents is 1. The zero-order valence-electron chi connectivity index (χ0n) is 12.5. The molecular formula is C15H13N5O3. The number of rotatable bonds is 4. The summed E-state index contributed by atoms with van der Waals surface area (Å²) < 4.78 is 7.13. The average molecular weight is 311 g/mol. The highest BCUT2D eigenvalue weighted by molar-refractivity contribution is 5.78. The van der Waals surface area contributed by atoms with E-state index in [2.05, 4.69) is 15.3 Å². The van der Waals surface area contributed by atoms with E-state index in [1.165, 1.54) is 29.6 Å². The van der Waals surface area contributed by atoms with Crippen molar-refractivity contribution in [3.8, 4) is 11.3 Å². The van der Waals surface area contributed by atoms with Crippen molar-refractivity contribution in [3.63, 3.8) is 0 Å². The van der Waals surface area contributed by atoms with Crippen LogP contribution in [0.25, 0.3) is 11.3 Å². The van der Waals surface area contributed by atoms with Gasteiger partial charge >= 0.3 is 0 Å². The summed E-state index contributed by atoms with van der Waals surface area (Å²) in [6.45, 7) is 3.60. The lowest BCUT2D eigenvalue weighted by Gasteiger charge is -2.05. The van der Waals surface area contributed by atoms with E-state index in [-0.39, 0.29) is 5.69 Å². The summed E-state index contributed by atoms with van der Waals surface area (Å²) in [6.07, 6.45) is 4.42. The number of aryl methyl sites for hydroxylation is 2.